The van der Waals surface area contributed by atoms with Gasteiger partial charge in [0.1, 0.15) is 0 Å². The van der Waals surface area contributed by atoms with E-state index in [-0.39, 0.29) is 34.9 Å². The summed E-state index contributed by atoms with van der Waals surface area (Å²) in [5.41, 5.74) is -0.924. The number of carbonyl (C=O) groups excluding carboxylic acids is 1. The van der Waals surface area contributed by atoms with Crippen molar-refractivity contribution in [1.29, 1.82) is 0 Å². The van der Waals surface area contributed by atoms with Crippen molar-refractivity contribution >= 4 is 55.0 Å². The molecule has 10 nitrogen and oxygen atoms in total. The molecule has 0 unspecified atom stereocenters. The first-order valence-corrected chi connectivity index (χ1v) is 16.7. The van der Waals surface area contributed by atoms with Crippen LogP contribution in [0, 0.1) is 0 Å². The van der Waals surface area contributed by atoms with Crippen LogP contribution in [0.2, 0.25) is 0 Å². The second-order valence-corrected chi connectivity index (χ2v) is 13.0. The summed E-state index contributed by atoms with van der Waals surface area (Å²) in [6.07, 6.45) is -9.37. The van der Waals surface area contributed by atoms with Gasteiger partial charge in [0, 0.05) is 38.7 Å². The summed E-state index contributed by atoms with van der Waals surface area (Å²) in [6, 6.07) is 26.5. The second kappa shape index (κ2) is 14.8. The predicted molar refractivity (Wildman–Crippen MR) is 187 cm³/mol. The van der Waals surface area contributed by atoms with Crippen molar-refractivity contribution in [3.05, 3.63) is 140 Å². The Morgan fingerprint density at radius 1 is 0.642 bits per heavy atom. The van der Waals surface area contributed by atoms with Crippen molar-refractivity contribution in [3.63, 3.8) is 0 Å². The van der Waals surface area contributed by atoms with Gasteiger partial charge in [-0.1, -0.05) is 86.5 Å². The monoisotopic (exact) mass is 859 g/mol. The topological polar surface area (TPSA) is 127 Å². The van der Waals surface area contributed by atoms with Gasteiger partial charge < -0.3 is 10.4 Å². The number of halogens is 8. The zero-order valence-electron chi connectivity index (χ0n) is 26.5. The molecule has 0 saturated carbocycles. The first-order valence-electron chi connectivity index (χ1n) is 15.1. The van der Waals surface area contributed by atoms with Crippen LogP contribution in [0.15, 0.2) is 112 Å². The highest BCUT2D eigenvalue weighted by Crippen LogP contribution is 2.34. The van der Waals surface area contributed by atoms with Crippen LogP contribution in [0.5, 0.6) is 0 Å². The fraction of sp³-hybridized carbons (Fsp3) is 0.0857. The summed E-state index contributed by atoms with van der Waals surface area (Å²) in [5, 5.41) is 18.9. The molecule has 7 rings (SSSR count). The summed E-state index contributed by atoms with van der Waals surface area (Å²) >= 11 is 6.54. The number of hydrogen-bond acceptors (Lipinski definition) is 6. The van der Waals surface area contributed by atoms with Crippen molar-refractivity contribution in [2.24, 2.45) is 0 Å². The number of nitrogens with zero attached hydrogens (tertiary/aromatic N) is 6. The van der Waals surface area contributed by atoms with Crippen molar-refractivity contribution in [1.82, 2.24) is 34.5 Å². The van der Waals surface area contributed by atoms with Gasteiger partial charge >= 0.3 is 18.3 Å². The van der Waals surface area contributed by atoms with Crippen molar-refractivity contribution in [2.75, 3.05) is 0 Å². The molecule has 18 heteroatoms. The van der Waals surface area contributed by atoms with Crippen LogP contribution in [-0.4, -0.2) is 46.2 Å². The maximum absolute atomic E-state index is 13.7. The van der Waals surface area contributed by atoms with Gasteiger partial charge in [0.25, 0.3) is 5.91 Å². The maximum atomic E-state index is 13.7. The zero-order chi connectivity index (χ0) is 38.1. The highest BCUT2D eigenvalue weighted by atomic mass is 79.9. The Labute approximate surface area is 311 Å². The van der Waals surface area contributed by atoms with Crippen LogP contribution in [0.3, 0.4) is 0 Å². The molecule has 0 saturated heterocycles. The molecule has 0 radical (unpaired) electrons. The molecule has 270 valence electrons. The number of amides is 1. The molecule has 53 heavy (non-hydrogen) atoms. The molecule has 2 N–H and O–H groups in total. The third kappa shape index (κ3) is 8.55. The van der Waals surface area contributed by atoms with Gasteiger partial charge in [0.05, 0.1) is 11.4 Å². The Morgan fingerprint density at radius 2 is 1.08 bits per heavy atom. The van der Waals surface area contributed by atoms with E-state index in [1.165, 1.54) is 6.07 Å². The SMILES string of the molecule is O=C(NCc1ccccc1)c1cc2nc(-c3ccc(Br)cc3)cc(C(F)(F)F)n2n1.O=C(O)c1cc2nc(-c3ccc(Br)cc3)cc(C(F)(F)F)n2n1. The van der Waals surface area contributed by atoms with E-state index < -0.39 is 41.3 Å². The molecule has 0 bridgehead atoms. The minimum atomic E-state index is -4.70. The number of carboxylic acid groups (broad SMARTS) is 1. The number of nitrogens with one attached hydrogen (secondary N) is 1. The lowest BCUT2D eigenvalue weighted by atomic mass is 10.1. The molecule has 0 atom stereocenters. The number of aromatic carboxylic acids is 1. The van der Waals surface area contributed by atoms with E-state index in [1.54, 1.807) is 48.5 Å². The fourth-order valence-electron chi connectivity index (χ4n) is 4.97. The minimum Gasteiger partial charge on any atom is -0.476 e. The lowest BCUT2D eigenvalue weighted by Gasteiger charge is -2.11. The first-order chi connectivity index (χ1) is 25.1. The van der Waals surface area contributed by atoms with Gasteiger partial charge in [-0.05, 0) is 42.0 Å². The quantitative estimate of drug-likeness (QED) is 0.160. The molecule has 0 aliphatic carbocycles. The fourth-order valence-corrected chi connectivity index (χ4v) is 5.50. The van der Waals surface area contributed by atoms with E-state index in [9.17, 15) is 35.9 Å². The highest BCUT2D eigenvalue weighted by Gasteiger charge is 2.37. The number of alkyl halides is 6. The van der Waals surface area contributed by atoms with Crippen LogP contribution in [0.25, 0.3) is 33.8 Å². The van der Waals surface area contributed by atoms with E-state index in [2.05, 4.69) is 57.3 Å². The molecule has 1 amide bonds. The Balaban J connectivity index is 0.000000188. The van der Waals surface area contributed by atoms with Gasteiger partial charge in [-0.15, -0.1) is 0 Å². The number of carbonyl (C=O) groups is 2. The largest absolute Gasteiger partial charge is 0.476 e. The lowest BCUT2D eigenvalue weighted by Crippen LogP contribution is -2.23. The van der Waals surface area contributed by atoms with Crippen molar-refractivity contribution < 1.29 is 41.0 Å². The molecule has 7 aromatic rings. The van der Waals surface area contributed by atoms with Crippen LogP contribution >= 0.6 is 31.9 Å². The first kappa shape index (κ1) is 37.1. The lowest BCUT2D eigenvalue weighted by molar-refractivity contribution is -0.143. The van der Waals surface area contributed by atoms with E-state index in [1.807, 2.05) is 30.3 Å². The number of rotatable bonds is 6. The van der Waals surface area contributed by atoms with Crippen LogP contribution in [-0.2, 0) is 18.9 Å². The van der Waals surface area contributed by atoms with Gasteiger partial charge in [-0.3, -0.25) is 4.79 Å². The zero-order valence-corrected chi connectivity index (χ0v) is 29.7. The van der Waals surface area contributed by atoms with Gasteiger partial charge in [-0.2, -0.15) is 36.5 Å². The van der Waals surface area contributed by atoms with E-state index in [0.717, 1.165) is 32.7 Å². The Kier molecular flexibility index (Phi) is 10.4. The summed E-state index contributed by atoms with van der Waals surface area (Å²) in [7, 11) is 0. The molecule has 0 spiro atoms. The predicted octanol–water partition coefficient (Wildman–Crippen LogP) is 8.98. The van der Waals surface area contributed by atoms with E-state index >= 15 is 0 Å². The van der Waals surface area contributed by atoms with Crippen LogP contribution < -0.4 is 5.32 Å². The molecule has 0 aliphatic heterocycles. The molecular weight excluding hydrogens is 840 g/mol. The normalized spacial score (nSPS) is 11.7. The van der Waals surface area contributed by atoms with Gasteiger partial charge in [-0.25, -0.2) is 23.8 Å². The van der Waals surface area contributed by atoms with Crippen molar-refractivity contribution in [3.8, 4) is 22.5 Å². The molecule has 4 heterocycles. The Hall–Kier alpha value is -5.62. The summed E-state index contributed by atoms with van der Waals surface area (Å²) < 4.78 is 83.4. The Morgan fingerprint density at radius 3 is 1.51 bits per heavy atom. The molecule has 3 aromatic carbocycles. The van der Waals surface area contributed by atoms with Gasteiger partial charge in [0.15, 0.2) is 34.1 Å². The maximum Gasteiger partial charge on any atom is 0.433 e. The van der Waals surface area contributed by atoms with E-state index in [4.69, 9.17) is 5.11 Å². The number of aromatic nitrogens is 6. The molecule has 0 fully saturated rings. The van der Waals surface area contributed by atoms with Gasteiger partial charge in [0.2, 0.25) is 0 Å². The number of benzene rings is 3. The van der Waals surface area contributed by atoms with Crippen molar-refractivity contribution in [2.45, 2.75) is 18.9 Å². The standard InChI is InChI=1S/C21H14BrF3N4O.C14H7BrF3N3O2/c22-15-8-6-14(7-9-15)16-10-18(21(23,24)25)29-19(27-16)11-17(28-29)20(30)26-12-13-4-2-1-3-5-13;15-8-3-1-7(2-4-8)9-5-11(14(16,17)18)21-12(19-9)6-10(20-21)13(22)23/h1-11H,12H2,(H,26,30);1-6H,(H,22,23). The van der Waals surface area contributed by atoms with Crippen LogP contribution in [0.4, 0.5) is 26.3 Å². The molecular formula is C35H21Br2F6N7O3. The van der Waals surface area contributed by atoms with E-state index in [0.29, 0.717) is 20.2 Å². The molecule has 0 aliphatic rings. The smallest absolute Gasteiger partial charge is 0.433 e. The number of hydrogen-bond donors (Lipinski definition) is 2. The highest BCUT2D eigenvalue weighted by molar-refractivity contribution is 9.10. The number of fused-ring (bicyclic) bond motifs is 2. The average Bonchev–Trinajstić information content (AvgIpc) is 3.75. The summed E-state index contributed by atoms with van der Waals surface area (Å²) in [5.74, 6) is -2.00. The summed E-state index contributed by atoms with van der Waals surface area (Å²) in [4.78, 5) is 31.7. The average molecular weight is 861 g/mol. The Bertz CT molecular complexity index is 2450. The number of carboxylic acids is 1. The third-order valence-corrected chi connectivity index (χ3v) is 8.52. The minimum absolute atomic E-state index is 0.0624. The van der Waals surface area contributed by atoms with Crippen LogP contribution in [0.1, 0.15) is 37.9 Å². The summed E-state index contributed by atoms with van der Waals surface area (Å²) in [6.45, 7) is 0.233. The second-order valence-electron chi connectivity index (χ2n) is 11.1. The third-order valence-electron chi connectivity index (χ3n) is 7.46. The molecule has 4 aromatic heterocycles.